The van der Waals surface area contributed by atoms with Crippen LogP contribution in [-0.2, 0) is 10.8 Å². The summed E-state index contributed by atoms with van der Waals surface area (Å²) in [6.07, 6.45) is 0. The van der Waals surface area contributed by atoms with Gasteiger partial charge in [-0.1, -0.05) is 212 Å². The number of thiophene rings is 1. The van der Waals surface area contributed by atoms with Crippen LogP contribution < -0.4 is 4.90 Å². The van der Waals surface area contributed by atoms with Crippen molar-refractivity contribution in [2.24, 2.45) is 0 Å². The van der Waals surface area contributed by atoms with Crippen molar-refractivity contribution in [3.05, 3.63) is 317 Å². The van der Waals surface area contributed by atoms with E-state index < -0.39 is 10.8 Å². The minimum Gasteiger partial charge on any atom is -0.310 e. The molecule has 13 aromatic rings. The summed E-state index contributed by atoms with van der Waals surface area (Å²) in [6.45, 7) is 0. The van der Waals surface area contributed by atoms with E-state index in [4.69, 9.17) is 0 Å². The maximum absolute atomic E-state index is 2.50. The molecule has 0 saturated carbocycles. The van der Waals surface area contributed by atoms with Gasteiger partial charge in [0.15, 0.2) is 0 Å². The Morgan fingerprint density at radius 1 is 0.224 bits per heavy atom. The molecule has 0 atom stereocenters. The molecule has 4 aliphatic carbocycles. The van der Waals surface area contributed by atoms with Crippen molar-refractivity contribution < 1.29 is 0 Å². The van der Waals surface area contributed by atoms with Gasteiger partial charge in [0.05, 0.1) is 10.8 Å². The predicted octanol–water partition coefficient (Wildman–Crippen LogP) is 19.5. The van der Waals surface area contributed by atoms with Gasteiger partial charge in [-0.25, -0.2) is 0 Å². The lowest BCUT2D eigenvalue weighted by molar-refractivity contribution is 0.793. The average molecular weight is 980 g/mol. The third-order valence-electron chi connectivity index (χ3n) is 17.5. The van der Waals surface area contributed by atoms with E-state index in [2.05, 4.69) is 278 Å². The van der Waals surface area contributed by atoms with E-state index in [-0.39, 0.29) is 0 Å². The topological polar surface area (TPSA) is 3.24 Å². The minimum atomic E-state index is -0.454. The van der Waals surface area contributed by atoms with Crippen LogP contribution in [0.5, 0.6) is 0 Å². The van der Waals surface area contributed by atoms with E-state index in [1.807, 2.05) is 11.3 Å². The van der Waals surface area contributed by atoms with Crippen LogP contribution in [0, 0.1) is 0 Å². The van der Waals surface area contributed by atoms with Crippen LogP contribution in [0.1, 0.15) is 44.5 Å². The molecule has 0 fully saturated rings. The van der Waals surface area contributed by atoms with Crippen LogP contribution >= 0.6 is 11.3 Å². The van der Waals surface area contributed by atoms with Gasteiger partial charge in [-0.15, -0.1) is 11.3 Å². The van der Waals surface area contributed by atoms with Crippen molar-refractivity contribution in [3.8, 4) is 66.8 Å². The summed E-state index contributed by atoms with van der Waals surface area (Å²) in [7, 11) is 0. The third kappa shape index (κ3) is 5.48. The molecular weight excluding hydrogens is 935 g/mol. The van der Waals surface area contributed by atoms with Crippen molar-refractivity contribution in [2.45, 2.75) is 10.8 Å². The summed E-state index contributed by atoms with van der Waals surface area (Å²) in [4.78, 5) is 2.47. The van der Waals surface area contributed by atoms with E-state index in [9.17, 15) is 0 Å². The van der Waals surface area contributed by atoms with E-state index in [0.717, 1.165) is 17.1 Å². The Balaban J connectivity index is 0.826. The Labute approximate surface area is 445 Å². The van der Waals surface area contributed by atoms with Gasteiger partial charge in [-0.2, -0.15) is 0 Å². The SMILES string of the molecule is c1ccc2c(c1)-c1ccccc1C21c2ccccc2-c2ccc(-c3ccc(N(c4ccc(-c5ccc6sc7ccccc7c6c5)cc4)c4ccc5c(c4)C4(c6ccccc6-c6ccccc64)c4ccccc4-5)cc3)cc21. The first-order chi connectivity index (χ1) is 37.7. The summed E-state index contributed by atoms with van der Waals surface area (Å²) >= 11 is 1.87. The molecule has 1 aromatic heterocycles. The van der Waals surface area contributed by atoms with Gasteiger partial charge in [0.25, 0.3) is 0 Å². The molecule has 2 spiro atoms. The van der Waals surface area contributed by atoms with E-state index >= 15 is 0 Å². The summed E-state index contributed by atoms with van der Waals surface area (Å²) in [5.74, 6) is 0. The number of benzene rings is 12. The highest BCUT2D eigenvalue weighted by atomic mass is 32.1. The lowest BCUT2D eigenvalue weighted by Crippen LogP contribution is -2.26. The molecule has 0 saturated heterocycles. The standard InChI is InChI=1S/C74H45NS/c1-8-22-63-53(15-1)54-16-2-9-23-64(54)73(63)67-26-12-5-19-57(67)59-40-33-49(44-69(59)73)47-31-37-51(38-32-47)75(50-35-29-46(30-36-50)48-34-42-72-62(43-48)61-21-7-14-28-71(61)76-72)52-39-41-60-58-20-6-13-27-68(58)74(70(60)45-52)65-24-10-3-17-55(65)56-18-4-11-25-66(56)74/h1-45H. The van der Waals surface area contributed by atoms with Gasteiger partial charge in [0.1, 0.15) is 0 Å². The van der Waals surface area contributed by atoms with E-state index in [1.165, 1.54) is 131 Å². The van der Waals surface area contributed by atoms with Crippen LogP contribution in [0.25, 0.3) is 86.9 Å². The Bertz CT molecular complexity index is 4460. The largest absolute Gasteiger partial charge is 0.310 e. The lowest BCUT2D eigenvalue weighted by atomic mass is 9.70. The molecule has 1 nitrogen and oxygen atoms in total. The highest BCUT2D eigenvalue weighted by molar-refractivity contribution is 7.25. The molecule has 2 heteroatoms. The smallest absolute Gasteiger partial charge is 0.0726 e. The first-order valence-electron chi connectivity index (χ1n) is 26.5. The summed E-state index contributed by atoms with van der Waals surface area (Å²) < 4.78 is 2.64. The molecule has 76 heavy (non-hydrogen) atoms. The maximum Gasteiger partial charge on any atom is 0.0726 e. The minimum absolute atomic E-state index is 0.397. The zero-order valence-corrected chi connectivity index (χ0v) is 42.2. The Morgan fingerprint density at radius 3 is 1.03 bits per heavy atom. The van der Waals surface area contributed by atoms with Crippen LogP contribution in [0.3, 0.4) is 0 Å². The zero-order chi connectivity index (χ0) is 49.7. The van der Waals surface area contributed by atoms with Crippen LogP contribution in [0.4, 0.5) is 17.1 Å². The number of rotatable bonds is 5. The molecule has 0 N–H and O–H groups in total. The van der Waals surface area contributed by atoms with Gasteiger partial charge in [-0.05, 0) is 172 Å². The molecule has 17 rings (SSSR count). The molecule has 0 radical (unpaired) electrons. The lowest BCUT2D eigenvalue weighted by Gasteiger charge is -2.32. The first kappa shape index (κ1) is 42.1. The summed E-state index contributed by atoms with van der Waals surface area (Å²) in [5, 5.41) is 2.63. The van der Waals surface area contributed by atoms with Crippen LogP contribution in [-0.4, -0.2) is 0 Å². The van der Waals surface area contributed by atoms with Crippen LogP contribution in [0.15, 0.2) is 273 Å². The normalized spacial score (nSPS) is 14.0. The number of fused-ring (bicyclic) bond motifs is 23. The van der Waals surface area contributed by atoms with Crippen molar-refractivity contribution in [3.63, 3.8) is 0 Å². The van der Waals surface area contributed by atoms with Gasteiger partial charge < -0.3 is 4.90 Å². The van der Waals surface area contributed by atoms with Crippen molar-refractivity contribution in [1.82, 2.24) is 0 Å². The number of hydrogen-bond donors (Lipinski definition) is 0. The van der Waals surface area contributed by atoms with Gasteiger partial charge in [0.2, 0.25) is 0 Å². The second kappa shape index (κ2) is 15.6. The fourth-order valence-corrected chi connectivity index (χ4v) is 15.5. The molecule has 12 aromatic carbocycles. The molecule has 0 amide bonds. The highest BCUT2D eigenvalue weighted by Gasteiger charge is 2.53. The summed E-state index contributed by atoms with van der Waals surface area (Å²) in [5.41, 5.74) is 28.6. The maximum atomic E-state index is 2.50. The second-order valence-corrected chi connectivity index (χ2v) is 22.1. The van der Waals surface area contributed by atoms with E-state index in [0.29, 0.717) is 0 Å². The Kier molecular flexibility index (Phi) is 8.63. The number of anilines is 3. The Hall–Kier alpha value is -9.34. The molecule has 1 heterocycles. The zero-order valence-electron chi connectivity index (χ0n) is 41.3. The highest BCUT2D eigenvalue weighted by Crippen LogP contribution is 2.65. The monoisotopic (exact) mass is 979 g/mol. The number of hydrogen-bond acceptors (Lipinski definition) is 2. The fraction of sp³-hybridized carbons (Fsp3) is 0.0270. The molecule has 0 unspecified atom stereocenters. The van der Waals surface area contributed by atoms with Crippen molar-refractivity contribution >= 4 is 48.6 Å². The van der Waals surface area contributed by atoms with E-state index in [1.54, 1.807) is 0 Å². The van der Waals surface area contributed by atoms with Gasteiger partial charge >= 0.3 is 0 Å². The molecular formula is C74H45NS. The molecule has 0 bridgehead atoms. The fourth-order valence-electron chi connectivity index (χ4n) is 14.5. The van der Waals surface area contributed by atoms with Crippen molar-refractivity contribution in [2.75, 3.05) is 4.90 Å². The summed E-state index contributed by atoms with van der Waals surface area (Å²) in [6, 6.07) is 103. The molecule has 0 aliphatic heterocycles. The second-order valence-electron chi connectivity index (χ2n) is 21.0. The predicted molar refractivity (Wildman–Crippen MR) is 317 cm³/mol. The van der Waals surface area contributed by atoms with Gasteiger partial charge in [0, 0.05) is 37.2 Å². The third-order valence-corrected chi connectivity index (χ3v) is 18.7. The number of nitrogens with zero attached hydrogens (tertiary/aromatic N) is 1. The van der Waals surface area contributed by atoms with Gasteiger partial charge in [-0.3, -0.25) is 0 Å². The van der Waals surface area contributed by atoms with Crippen LogP contribution in [0.2, 0.25) is 0 Å². The molecule has 4 aliphatic rings. The Morgan fingerprint density at radius 2 is 0.553 bits per heavy atom. The first-order valence-corrected chi connectivity index (χ1v) is 27.3. The quantitative estimate of drug-likeness (QED) is 0.166. The molecule has 352 valence electrons. The average Bonchev–Trinajstić information content (AvgIpc) is 4.28. The van der Waals surface area contributed by atoms with Crippen molar-refractivity contribution in [1.29, 1.82) is 0 Å².